The fraction of sp³-hybridized carbons (Fsp3) is 0.370. The van der Waals surface area contributed by atoms with Gasteiger partial charge < -0.3 is 14.2 Å². The van der Waals surface area contributed by atoms with Gasteiger partial charge in [-0.2, -0.15) is 0 Å². The number of hydrogen-bond acceptors (Lipinski definition) is 6. The average Bonchev–Trinajstić information content (AvgIpc) is 2.82. The number of esters is 1. The van der Waals surface area contributed by atoms with Gasteiger partial charge in [-0.1, -0.05) is 30.3 Å². The number of Topliss-reactive ketones (excluding diaryl/α,β-unsaturated/α-hetero) is 1. The van der Waals surface area contributed by atoms with Gasteiger partial charge >= 0.3 is 5.97 Å². The number of ketones is 1. The van der Waals surface area contributed by atoms with Crippen LogP contribution in [0.5, 0.6) is 11.5 Å². The zero-order valence-electron chi connectivity index (χ0n) is 19.1. The van der Waals surface area contributed by atoms with Crippen LogP contribution < -0.4 is 9.47 Å². The molecule has 1 aliphatic heterocycles. The lowest BCUT2D eigenvalue weighted by Gasteiger charge is -2.35. The Morgan fingerprint density at radius 3 is 2.39 bits per heavy atom. The first-order chi connectivity index (χ1) is 16.1. The molecule has 172 valence electrons. The van der Waals surface area contributed by atoms with Crippen LogP contribution in [0, 0.1) is 5.92 Å². The van der Waals surface area contributed by atoms with E-state index in [2.05, 4.69) is 4.99 Å². The fourth-order valence-electron chi connectivity index (χ4n) is 4.57. The number of hydrogen-bond donors (Lipinski definition) is 0. The van der Waals surface area contributed by atoms with Crippen LogP contribution in [0.2, 0.25) is 0 Å². The van der Waals surface area contributed by atoms with Crippen molar-refractivity contribution in [1.29, 1.82) is 0 Å². The van der Waals surface area contributed by atoms with E-state index in [1.807, 2.05) is 68.4 Å². The maximum Gasteiger partial charge on any atom is 0.336 e. The van der Waals surface area contributed by atoms with Gasteiger partial charge in [0.2, 0.25) is 0 Å². The largest absolute Gasteiger partial charge is 0.494 e. The highest BCUT2D eigenvalue weighted by Crippen LogP contribution is 2.43. The maximum atomic E-state index is 13.2. The van der Waals surface area contributed by atoms with Gasteiger partial charge in [0.25, 0.3) is 0 Å². The van der Waals surface area contributed by atoms with Crippen LogP contribution in [-0.4, -0.2) is 37.3 Å². The van der Waals surface area contributed by atoms with Crippen LogP contribution in [0.25, 0.3) is 0 Å². The molecule has 0 N–H and O–H groups in total. The van der Waals surface area contributed by atoms with Crippen molar-refractivity contribution in [3.05, 3.63) is 71.4 Å². The summed E-state index contributed by atoms with van der Waals surface area (Å²) in [5.74, 6) is 0.306. The van der Waals surface area contributed by atoms with Crippen molar-refractivity contribution in [3.8, 4) is 11.5 Å². The molecular formula is C27H29NO5. The molecule has 2 atom stereocenters. The van der Waals surface area contributed by atoms with Crippen LogP contribution in [0.4, 0.5) is 0 Å². The first-order valence-electron chi connectivity index (χ1n) is 11.5. The maximum absolute atomic E-state index is 13.2. The lowest BCUT2D eigenvalue weighted by molar-refractivity contribution is -0.140. The number of para-hydroxylation sites is 1. The molecule has 0 aromatic heterocycles. The molecule has 1 saturated carbocycles. The van der Waals surface area contributed by atoms with Gasteiger partial charge in [-0.25, -0.2) is 4.79 Å². The Balaban J connectivity index is 1.56. The standard InChI is InChI=1S/C27H29NO5/c1-3-31-21-14-12-19(13-15-21)25-24(18(2)28-22-10-7-11-23(29)26(22)25)27(30)33-17-16-32-20-8-5-4-6-9-20/h4-6,8-9,12-15,25-26H,3,7,10-11,16-17H2,1-2H3/t25-,26?/m0/s1. The third kappa shape index (κ3) is 5.16. The second-order valence-corrected chi connectivity index (χ2v) is 8.18. The highest BCUT2D eigenvalue weighted by molar-refractivity contribution is 6.11. The number of carbonyl (C=O) groups is 2. The van der Waals surface area contributed by atoms with Crippen molar-refractivity contribution in [2.45, 2.75) is 39.0 Å². The van der Waals surface area contributed by atoms with E-state index >= 15 is 0 Å². The summed E-state index contributed by atoms with van der Waals surface area (Å²) in [6, 6.07) is 17.0. The van der Waals surface area contributed by atoms with E-state index in [9.17, 15) is 9.59 Å². The molecule has 4 rings (SSSR count). The SMILES string of the molecule is CCOc1ccc([C@H]2C(C(=O)OCCOc3ccccc3)=C(C)N=C3CCCC(=O)C32)cc1. The van der Waals surface area contributed by atoms with Crippen LogP contribution >= 0.6 is 0 Å². The summed E-state index contributed by atoms with van der Waals surface area (Å²) in [4.78, 5) is 30.9. The molecule has 1 aliphatic carbocycles. The number of ether oxygens (including phenoxy) is 3. The van der Waals surface area contributed by atoms with E-state index in [-0.39, 0.29) is 19.0 Å². The van der Waals surface area contributed by atoms with Crippen molar-refractivity contribution in [1.82, 2.24) is 0 Å². The molecule has 1 fully saturated rings. The van der Waals surface area contributed by atoms with Gasteiger partial charge in [-0.05, 0) is 56.5 Å². The molecule has 2 aromatic rings. The van der Waals surface area contributed by atoms with Gasteiger partial charge in [-0.15, -0.1) is 0 Å². The molecule has 2 aliphatic rings. The Labute approximate surface area is 194 Å². The molecule has 6 heteroatoms. The van der Waals surface area contributed by atoms with Crippen molar-refractivity contribution >= 4 is 17.5 Å². The predicted molar refractivity (Wildman–Crippen MR) is 126 cm³/mol. The lowest BCUT2D eigenvalue weighted by Crippen LogP contribution is -2.39. The van der Waals surface area contributed by atoms with Gasteiger partial charge in [0, 0.05) is 23.7 Å². The Morgan fingerprint density at radius 1 is 0.939 bits per heavy atom. The third-order valence-corrected chi connectivity index (χ3v) is 6.01. The molecule has 0 amide bonds. The quantitative estimate of drug-likeness (QED) is 0.426. The lowest BCUT2D eigenvalue weighted by atomic mass is 9.69. The molecule has 0 saturated heterocycles. The minimum atomic E-state index is -0.454. The number of nitrogens with zero attached hydrogens (tertiary/aromatic N) is 1. The Kier molecular flexibility index (Phi) is 7.23. The van der Waals surface area contributed by atoms with Crippen LogP contribution in [0.3, 0.4) is 0 Å². The molecule has 1 heterocycles. The van der Waals surface area contributed by atoms with Crippen LogP contribution in [0.15, 0.2) is 70.9 Å². The summed E-state index contributed by atoms with van der Waals surface area (Å²) in [5, 5.41) is 0. The van der Waals surface area contributed by atoms with Crippen LogP contribution in [-0.2, 0) is 14.3 Å². The summed E-state index contributed by atoms with van der Waals surface area (Å²) >= 11 is 0. The highest BCUT2D eigenvalue weighted by Gasteiger charge is 2.43. The number of rotatable bonds is 8. The van der Waals surface area contributed by atoms with Gasteiger partial charge in [0.1, 0.15) is 30.5 Å². The Bertz CT molecular complexity index is 1060. The minimum Gasteiger partial charge on any atom is -0.494 e. The van der Waals surface area contributed by atoms with E-state index in [0.717, 1.165) is 35.6 Å². The molecule has 6 nitrogen and oxygen atoms in total. The predicted octanol–water partition coefficient (Wildman–Crippen LogP) is 4.89. The van der Waals surface area contributed by atoms with Gasteiger partial charge in [0.15, 0.2) is 0 Å². The second-order valence-electron chi connectivity index (χ2n) is 8.18. The minimum absolute atomic E-state index is 0.107. The van der Waals surface area contributed by atoms with Crippen LogP contribution in [0.1, 0.15) is 44.6 Å². The number of carbonyl (C=O) groups excluding carboxylic acids is 2. The molecule has 0 bridgehead atoms. The number of benzene rings is 2. The highest BCUT2D eigenvalue weighted by atomic mass is 16.6. The zero-order chi connectivity index (χ0) is 23.2. The van der Waals surface area contributed by atoms with Gasteiger partial charge in [0.05, 0.1) is 18.1 Å². The summed E-state index contributed by atoms with van der Waals surface area (Å²) in [7, 11) is 0. The fourth-order valence-corrected chi connectivity index (χ4v) is 4.57. The Hall–Kier alpha value is -3.41. The monoisotopic (exact) mass is 447 g/mol. The smallest absolute Gasteiger partial charge is 0.336 e. The van der Waals surface area contributed by atoms with E-state index < -0.39 is 17.8 Å². The summed E-state index contributed by atoms with van der Waals surface area (Å²) in [6.45, 7) is 4.67. The summed E-state index contributed by atoms with van der Waals surface area (Å²) in [5.41, 5.74) is 2.82. The zero-order valence-corrected chi connectivity index (χ0v) is 19.1. The van der Waals surface area contributed by atoms with Gasteiger partial charge in [-0.3, -0.25) is 9.79 Å². The molecule has 2 aromatic carbocycles. The molecular weight excluding hydrogens is 418 g/mol. The van der Waals surface area contributed by atoms with Crippen molar-refractivity contribution < 1.29 is 23.8 Å². The number of fused-ring (bicyclic) bond motifs is 1. The molecule has 0 radical (unpaired) electrons. The molecule has 0 spiro atoms. The molecule has 1 unspecified atom stereocenters. The average molecular weight is 448 g/mol. The van der Waals surface area contributed by atoms with E-state index in [1.165, 1.54) is 0 Å². The van der Waals surface area contributed by atoms with E-state index in [0.29, 0.717) is 24.3 Å². The number of aliphatic imine (C=N–C) groups is 1. The summed E-state index contributed by atoms with van der Waals surface area (Å²) < 4.78 is 16.8. The first-order valence-corrected chi connectivity index (χ1v) is 11.5. The van der Waals surface area contributed by atoms with E-state index in [4.69, 9.17) is 14.2 Å². The third-order valence-electron chi connectivity index (χ3n) is 6.01. The Morgan fingerprint density at radius 2 is 1.67 bits per heavy atom. The normalized spacial score (nSPS) is 20.1. The second kappa shape index (κ2) is 10.5. The topological polar surface area (TPSA) is 74.2 Å². The summed E-state index contributed by atoms with van der Waals surface area (Å²) in [6.07, 6.45) is 2.08. The molecule has 33 heavy (non-hydrogen) atoms. The van der Waals surface area contributed by atoms with Crippen molar-refractivity contribution in [3.63, 3.8) is 0 Å². The number of allylic oxidation sites excluding steroid dienone is 1. The van der Waals surface area contributed by atoms with Crippen molar-refractivity contribution in [2.24, 2.45) is 10.9 Å². The van der Waals surface area contributed by atoms with Crippen molar-refractivity contribution in [2.75, 3.05) is 19.8 Å². The van der Waals surface area contributed by atoms with E-state index in [1.54, 1.807) is 0 Å². The first kappa shape index (κ1) is 22.8.